The summed E-state index contributed by atoms with van der Waals surface area (Å²) in [4.78, 5) is 0. The zero-order valence-corrected chi connectivity index (χ0v) is 11.0. The fourth-order valence-electron chi connectivity index (χ4n) is 2.07. The summed E-state index contributed by atoms with van der Waals surface area (Å²) in [6.45, 7) is 1.76. The largest absolute Gasteiger partial charge is 0.388 e. The minimum Gasteiger partial charge on any atom is -0.388 e. The van der Waals surface area contributed by atoms with Gasteiger partial charge in [0.15, 0.2) is 0 Å². The molecule has 2 aromatic rings. The molecule has 0 saturated heterocycles. The Hall–Kier alpha value is -2.60. The third kappa shape index (κ3) is 2.48. The third-order valence-corrected chi connectivity index (χ3v) is 3.05. The molecule has 0 fully saturated rings. The Bertz CT molecular complexity index is 666. The van der Waals surface area contributed by atoms with Crippen molar-refractivity contribution in [3.05, 3.63) is 53.6 Å². The van der Waals surface area contributed by atoms with Crippen LogP contribution in [0.2, 0.25) is 0 Å². The highest BCUT2D eigenvalue weighted by molar-refractivity contribution is 6.02. The number of nitrogens with one attached hydrogen (secondary N) is 2. The molecule has 0 aliphatic rings. The van der Waals surface area contributed by atoms with Gasteiger partial charge in [-0.25, -0.2) is 0 Å². The number of rotatable bonds is 3. The number of nitriles is 1. The molecule has 2 rings (SSSR count). The molecule has 2 N–H and O–H groups in total. The predicted octanol–water partition coefficient (Wildman–Crippen LogP) is 3.65. The lowest BCUT2D eigenvalue weighted by Crippen LogP contribution is -2.00. The fraction of sp³-hybridized carbons (Fsp3) is 0.125. The summed E-state index contributed by atoms with van der Waals surface area (Å²) in [7, 11) is 1.84. The monoisotopic (exact) mass is 249 g/mol. The number of hydrogen-bond donors (Lipinski definition) is 2. The summed E-state index contributed by atoms with van der Waals surface area (Å²) in [5.41, 5.74) is 4.78. The Morgan fingerprint density at radius 3 is 2.58 bits per heavy atom. The smallest absolute Gasteiger partial charge is 0.0998 e. The van der Waals surface area contributed by atoms with Gasteiger partial charge in [-0.2, -0.15) is 5.26 Å². The topological polar surface area (TPSA) is 59.7 Å². The Balaban J connectivity index is 2.61. The normalized spacial score (nSPS) is 9.74. The molecular formula is C16H15N3. The summed E-state index contributed by atoms with van der Waals surface area (Å²) in [6, 6.07) is 15.6. The van der Waals surface area contributed by atoms with Gasteiger partial charge in [-0.15, -0.1) is 0 Å². The second-order valence-electron chi connectivity index (χ2n) is 4.29. The minimum absolute atomic E-state index is 0.501. The summed E-state index contributed by atoms with van der Waals surface area (Å²) < 4.78 is 0. The maximum Gasteiger partial charge on any atom is 0.0998 e. The number of anilines is 1. The second-order valence-corrected chi connectivity index (χ2v) is 4.29. The Morgan fingerprint density at radius 1 is 1.21 bits per heavy atom. The van der Waals surface area contributed by atoms with Crippen LogP contribution in [0, 0.1) is 16.7 Å². The highest BCUT2D eigenvalue weighted by Gasteiger charge is 2.08. The highest BCUT2D eigenvalue weighted by Crippen LogP contribution is 2.27. The summed E-state index contributed by atoms with van der Waals surface area (Å²) in [6.07, 6.45) is 0. The Kier molecular flexibility index (Phi) is 3.63. The maximum atomic E-state index is 9.15. The van der Waals surface area contributed by atoms with Gasteiger partial charge in [-0.1, -0.05) is 24.3 Å². The van der Waals surface area contributed by atoms with Gasteiger partial charge in [-0.3, -0.25) is 0 Å². The van der Waals surface area contributed by atoms with Gasteiger partial charge in [-0.05, 0) is 36.2 Å². The van der Waals surface area contributed by atoms with Crippen molar-refractivity contribution >= 4 is 11.4 Å². The van der Waals surface area contributed by atoms with Crippen LogP contribution in [0.4, 0.5) is 5.69 Å². The lowest BCUT2D eigenvalue weighted by molar-refractivity contribution is 1.42. The van der Waals surface area contributed by atoms with E-state index in [1.807, 2.05) is 43.4 Å². The molecule has 0 atom stereocenters. The molecule has 0 aliphatic heterocycles. The van der Waals surface area contributed by atoms with Crippen LogP contribution in [0.25, 0.3) is 11.1 Å². The van der Waals surface area contributed by atoms with E-state index in [1.54, 1.807) is 13.0 Å². The summed E-state index contributed by atoms with van der Waals surface area (Å²) in [5, 5.41) is 20.1. The van der Waals surface area contributed by atoms with Crippen molar-refractivity contribution in [1.29, 1.82) is 10.7 Å². The molecule has 0 unspecified atom stereocenters. The lowest BCUT2D eigenvalue weighted by atomic mass is 9.96. The van der Waals surface area contributed by atoms with Crippen LogP contribution in [0.5, 0.6) is 0 Å². The highest BCUT2D eigenvalue weighted by atomic mass is 14.8. The first-order valence-corrected chi connectivity index (χ1v) is 6.04. The van der Waals surface area contributed by atoms with E-state index in [0.29, 0.717) is 11.3 Å². The zero-order chi connectivity index (χ0) is 13.8. The molecule has 0 aliphatic carbocycles. The van der Waals surface area contributed by atoms with Crippen LogP contribution < -0.4 is 5.32 Å². The lowest BCUT2D eigenvalue weighted by Gasteiger charge is -2.11. The summed E-state index contributed by atoms with van der Waals surface area (Å²) in [5.74, 6) is 0. The van der Waals surface area contributed by atoms with Gasteiger partial charge in [0, 0.05) is 24.0 Å². The molecule has 0 spiro atoms. The van der Waals surface area contributed by atoms with Crippen molar-refractivity contribution in [3.8, 4) is 17.2 Å². The number of hydrogen-bond acceptors (Lipinski definition) is 3. The van der Waals surface area contributed by atoms with E-state index >= 15 is 0 Å². The van der Waals surface area contributed by atoms with Gasteiger partial charge in [0.25, 0.3) is 0 Å². The first kappa shape index (κ1) is 12.8. The molecule has 3 nitrogen and oxygen atoms in total. The predicted molar refractivity (Wildman–Crippen MR) is 78.6 cm³/mol. The average molecular weight is 249 g/mol. The van der Waals surface area contributed by atoms with Gasteiger partial charge >= 0.3 is 0 Å². The van der Waals surface area contributed by atoms with Crippen LogP contribution in [0.3, 0.4) is 0 Å². The standard InChI is InChI=1S/C16H15N3/c1-11(18)15-9-12(7-8-16(15)19-2)14-6-4-3-5-13(14)10-17/h3-9,18-19H,1-2H3. The van der Waals surface area contributed by atoms with Gasteiger partial charge in [0.05, 0.1) is 11.6 Å². The quantitative estimate of drug-likeness (QED) is 0.815. The average Bonchev–Trinajstić information content (AvgIpc) is 2.46. The fourth-order valence-corrected chi connectivity index (χ4v) is 2.07. The van der Waals surface area contributed by atoms with Crippen LogP contribution in [-0.4, -0.2) is 12.8 Å². The van der Waals surface area contributed by atoms with Crippen LogP contribution in [0.15, 0.2) is 42.5 Å². The van der Waals surface area contributed by atoms with Crippen molar-refractivity contribution in [1.82, 2.24) is 0 Å². The molecule has 0 heterocycles. The molecular weight excluding hydrogens is 234 g/mol. The van der Waals surface area contributed by atoms with Crippen LogP contribution >= 0.6 is 0 Å². The molecule has 0 radical (unpaired) electrons. The molecule has 0 aromatic heterocycles. The van der Waals surface area contributed by atoms with Crippen molar-refractivity contribution in [2.45, 2.75) is 6.92 Å². The number of benzene rings is 2. The van der Waals surface area contributed by atoms with Crippen molar-refractivity contribution < 1.29 is 0 Å². The molecule has 0 saturated carbocycles. The van der Waals surface area contributed by atoms with Gasteiger partial charge in [0.1, 0.15) is 0 Å². The third-order valence-electron chi connectivity index (χ3n) is 3.05. The van der Waals surface area contributed by atoms with E-state index in [2.05, 4.69) is 11.4 Å². The van der Waals surface area contributed by atoms with Gasteiger partial charge < -0.3 is 10.7 Å². The minimum atomic E-state index is 0.501. The van der Waals surface area contributed by atoms with E-state index in [9.17, 15) is 0 Å². The van der Waals surface area contributed by atoms with E-state index in [0.717, 1.165) is 22.4 Å². The van der Waals surface area contributed by atoms with Crippen LogP contribution in [0.1, 0.15) is 18.1 Å². The zero-order valence-electron chi connectivity index (χ0n) is 11.0. The molecule has 3 heteroatoms. The summed E-state index contributed by atoms with van der Waals surface area (Å²) >= 11 is 0. The van der Waals surface area contributed by atoms with Crippen LogP contribution in [-0.2, 0) is 0 Å². The first-order valence-electron chi connectivity index (χ1n) is 6.04. The number of nitrogens with zero attached hydrogens (tertiary/aromatic N) is 1. The maximum absolute atomic E-state index is 9.15. The van der Waals surface area contributed by atoms with Crippen molar-refractivity contribution in [2.24, 2.45) is 0 Å². The molecule has 0 amide bonds. The second kappa shape index (κ2) is 5.36. The molecule has 94 valence electrons. The van der Waals surface area contributed by atoms with Crippen molar-refractivity contribution in [2.75, 3.05) is 12.4 Å². The molecule has 0 bridgehead atoms. The molecule has 19 heavy (non-hydrogen) atoms. The SMILES string of the molecule is CNc1ccc(-c2ccccc2C#N)cc1C(C)=N. The van der Waals surface area contributed by atoms with E-state index in [-0.39, 0.29) is 0 Å². The Labute approximate surface area is 113 Å². The Morgan fingerprint density at radius 2 is 1.95 bits per heavy atom. The van der Waals surface area contributed by atoms with E-state index < -0.39 is 0 Å². The van der Waals surface area contributed by atoms with Gasteiger partial charge in [0.2, 0.25) is 0 Å². The van der Waals surface area contributed by atoms with E-state index in [1.165, 1.54) is 0 Å². The first-order chi connectivity index (χ1) is 9.17. The molecule has 2 aromatic carbocycles. The van der Waals surface area contributed by atoms with Crippen molar-refractivity contribution in [3.63, 3.8) is 0 Å². The van der Waals surface area contributed by atoms with E-state index in [4.69, 9.17) is 10.7 Å².